The summed E-state index contributed by atoms with van der Waals surface area (Å²) < 4.78 is 1.77. The Morgan fingerprint density at radius 1 is 1.64 bits per heavy atom. The van der Waals surface area contributed by atoms with Gasteiger partial charge in [0.1, 0.15) is 5.82 Å². The van der Waals surface area contributed by atoms with E-state index in [0.717, 1.165) is 24.2 Å². The van der Waals surface area contributed by atoms with Crippen molar-refractivity contribution in [2.24, 2.45) is 0 Å². The van der Waals surface area contributed by atoms with Gasteiger partial charge in [0.05, 0.1) is 23.2 Å². The molecule has 5 heteroatoms. The second kappa shape index (κ2) is 3.82. The molecule has 0 aromatic carbocycles. The molecule has 0 aliphatic heterocycles. The molecular formula is C9H15N3OS. The zero-order chi connectivity index (χ0) is 10.1. The first-order valence-corrected chi connectivity index (χ1v) is 6.01. The second-order valence-electron chi connectivity index (χ2n) is 3.61. The van der Waals surface area contributed by atoms with Crippen molar-refractivity contribution in [2.45, 2.75) is 36.3 Å². The zero-order valence-corrected chi connectivity index (χ0v) is 9.00. The van der Waals surface area contributed by atoms with Crippen LogP contribution >= 0.6 is 11.8 Å². The molecule has 0 bridgehead atoms. The van der Waals surface area contributed by atoms with Gasteiger partial charge in [-0.2, -0.15) is 5.10 Å². The van der Waals surface area contributed by atoms with E-state index in [1.54, 1.807) is 22.6 Å². The summed E-state index contributed by atoms with van der Waals surface area (Å²) in [6.07, 6.45) is 6.35. The Labute approximate surface area is 87.5 Å². The minimum absolute atomic E-state index is 0.0795. The smallest absolute Gasteiger partial charge is 0.135 e. The number of aliphatic hydroxyl groups excluding tert-OH is 1. The molecule has 1 aliphatic carbocycles. The van der Waals surface area contributed by atoms with Crippen LogP contribution in [0, 0.1) is 0 Å². The van der Waals surface area contributed by atoms with E-state index in [2.05, 4.69) is 5.10 Å². The van der Waals surface area contributed by atoms with Crippen molar-refractivity contribution in [3.63, 3.8) is 0 Å². The minimum atomic E-state index is -0.285. The van der Waals surface area contributed by atoms with Crippen molar-refractivity contribution in [3.05, 3.63) is 6.20 Å². The highest BCUT2D eigenvalue weighted by Crippen LogP contribution is 2.33. The van der Waals surface area contributed by atoms with Crippen molar-refractivity contribution < 1.29 is 5.11 Å². The minimum Gasteiger partial charge on any atom is -0.391 e. The first kappa shape index (κ1) is 9.86. The summed E-state index contributed by atoms with van der Waals surface area (Å²) in [7, 11) is 0. The van der Waals surface area contributed by atoms with Gasteiger partial charge in [0.15, 0.2) is 0 Å². The number of rotatable bonds is 2. The molecule has 78 valence electrons. The predicted octanol–water partition coefficient (Wildman–Crippen LogP) is 1.27. The number of thioether (sulfide) groups is 1. The Morgan fingerprint density at radius 3 is 2.93 bits per heavy atom. The monoisotopic (exact) mass is 213 g/mol. The summed E-state index contributed by atoms with van der Waals surface area (Å²) in [5.74, 6) is 0.684. The maximum atomic E-state index is 9.73. The molecule has 14 heavy (non-hydrogen) atoms. The average molecular weight is 213 g/mol. The molecule has 2 atom stereocenters. The van der Waals surface area contributed by atoms with E-state index in [0.29, 0.717) is 5.82 Å². The lowest BCUT2D eigenvalue weighted by Crippen LogP contribution is -2.20. The van der Waals surface area contributed by atoms with E-state index in [1.807, 2.05) is 6.26 Å². The lowest BCUT2D eigenvalue weighted by atomic mass is 10.2. The fraction of sp³-hybridized carbons (Fsp3) is 0.667. The van der Waals surface area contributed by atoms with Gasteiger partial charge in [0.2, 0.25) is 0 Å². The van der Waals surface area contributed by atoms with Crippen LogP contribution in [-0.4, -0.2) is 27.2 Å². The zero-order valence-electron chi connectivity index (χ0n) is 8.18. The molecule has 0 amide bonds. The highest BCUT2D eigenvalue weighted by atomic mass is 32.2. The van der Waals surface area contributed by atoms with E-state index in [4.69, 9.17) is 5.73 Å². The number of nitrogens with two attached hydrogens (primary N) is 1. The van der Waals surface area contributed by atoms with E-state index in [1.165, 1.54) is 0 Å². The molecule has 0 spiro atoms. The number of nitrogen functional groups attached to an aromatic ring is 1. The number of hydrogen-bond donors (Lipinski definition) is 2. The van der Waals surface area contributed by atoms with Gasteiger partial charge in [-0.25, -0.2) is 4.68 Å². The standard InChI is InChI=1S/C9H15N3OS/c1-14-8-5-11-12(9(8)10)6-3-2-4-7(6)13/h5-7,13H,2-4,10H2,1H3. The molecule has 1 saturated carbocycles. The van der Waals surface area contributed by atoms with Gasteiger partial charge in [-0.15, -0.1) is 11.8 Å². The van der Waals surface area contributed by atoms with E-state index < -0.39 is 0 Å². The third-order valence-electron chi connectivity index (χ3n) is 2.78. The Kier molecular flexibility index (Phi) is 2.69. The summed E-state index contributed by atoms with van der Waals surface area (Å²) >= 11 is 1.59. The van der Waals surface area contributed by atoms with Crippen LogP contribution in [0.1, 0.15) is 25.3 Å². The van der Waals surface area contributed by atoms with Crippen LogP contribution in [0.15, 0.2) is 11.1 Å². The van der Waals surface area contributed by atoms with Crippen LogP contribution in [0.5, 0.6) is 0 Å². The number of hydrogen-bond acceptors (Lipinski definition) is 4. The molecular weight excluding hydrogens is 198 g/mol. The third kappa shape index (κ3) is 1.50. The lowest BCUT2D eigenvalue weighted by molar-refractivity contribution is 0.131. The van der Waals surface area contributed by atoms with Crippen LogP contribution in [-0.2, 0) is 0 Å². The summed E-state index contributed by atoms with van der Waals surface area (Å²) in [6.45, 7) is 0. The van der Waals surface area contributed by atoms with Crippen LogP contribution in [0.3, 0.4) is 0 Å². The predicted molar refractivity (Wildman–Crippen MR) is 57.3 cm³/mol. The molecule has 1 fully saturated rings. The molecule has 1 aliphatic rings. The van der Waals surface area contributed by atoms with Crippen molar-refractivity contribution in [1.82, 2.24) is 9.78 Å². The number of aliphatic hydroxyl groups is 1. The number of anilines is 1. The maximum Gasteiger partial charge on any atom is 0.135 e. The topological polar surface area (TPSA) is 64.1 Å². The van der Waals surface area contributed by atoms with Crippen molar-refractivity contribution in [3.8, 4) is 0 Å². The molecule has 1 aromatic rings. The largest absolute Gasteiger partial charge is 0.391 e. The van der Waals surface area contributed by atoms with Gasteiger partial charge in [0.25, 0.3) is 0 Å². The first-order chi connectivity index (χ1) is 6.74. The van der Waals surface area contributed by atoms with Crippen LogP contribution < -0.4 is 5.73 Å². The van der Waals surface area contributed by atoms with Gasteiger partial charge < -0.3 is 10.8 Å². The van der Waals surface area contributed by atoms with Gasteiger partial charge in [0, 0.05) is 0 Å². The third-order valence-corrected chi connectivity index (χ3v) is 3.53. The fourth-order valence-electron chi connectivity index (χ4n) is 1.98. The Hall–Kier alpha value is -0.680. The highest BCUT2D eigenvalue weighted by molar-refractivity contribution is 7.98. The Morgan fingerprint density at radius 2 is 2.43 bits per heavy atom. The van der Waals surface area contributed by atoms with Gasteiger partial charge in [-0.1, -0.05) is 0 Å². The van der Waals surface area contributed by atoms with Crippen LogP contribution in [0.2, 0.25) is 0 Å². The van der Waals surface area contributed by atoms with Crippen LogP contribution in [0.4, 0.5) is 5.82 Å². The summed E-state index contributed by atoms with van der Waals surface area (Å²) in [6, 6.07) is 0.0795. The Balaban J connectivity index is 2.27. The lowest BCUT2D eigenvalue weighted by Gasteiger charge is -2.16. The van der Waals surface area contributed by atoms with Gasteiger partial charge in [-0.3, -0.25) is 0 Å². The summed E-state index contributed by atoms with van der Waals surface area (Å²) in [4.78, 5) is 0.990. The van der Waals surface area contributed by atoms with Crippen molar-refractivity contribution in [1.29, 1.82) is 0 Å². The van der Waals surface area contributed by atoms with Gasteiger partial charge in [-0.05, 0) is 25.5 Å². The highest BCUT2D eigenvalue weighted by Gasteiger charge is 2.29. The summed E-state index contributed by atoms with van der Waals surface area (Å²) in [5, 5.41) is 14.0. The number of nitrogens with zero attached hydrogens (tertiary/aromatic N) is 2. The average Bonchev–Trinajstić information content (AvgIpc) is 2.72. The number of aromatic nitrogens is 2. The molecule has 1 heterocycles. The second-order valence-corrected chi connectivity index (χ2v) is 4.46. The molecule has 2 rings (SSSR count). The molecule has 1 aromatic heterocycles. The van der Waals surface area contributed by atoms with E-state index in [-0.39, 0.29) is 12.1 Å². The molecule has 0 saturated heterocycles. The Bertz CT molecular complexity index is 326. The van der Waals surface area contributed by atoms with Crippen molar-refractivity contribution >= 4 is 17.6 Å². The van der Waals surface area contributed by atoms with E-state index in [9.17, 15) is 5.11 Å². The van der Waals surface area contributed by atoms with Gasteiger partial charge >= 0.3 is 0 Å². The SMILES string of the molecule is CSc1cnn(C2CCCC2O)c1N. The molecule has 4 nitrogen and oxygen atoms in total. The first-order valence-electron chi connectivity index (χ1n) is 4.79. The molecule has 3 N–H and O–H groups in total. The maximum absolute atomic E-state index is 9.73. The van der Waals surface area contributed by atoms with E-state index >= 15 is 0 Å². The fourth-order valence-corrected chi connectivity index (χ4v) is 2.44. The molecule has 2 unspecified atom stereocenters. The quantitative estimate of drug-likeness (QED) is 0.726. The normalized spacial score (nSPS) is 27.0. The van der Waals surface area contributed by atoms with Crippen LogP contribution in [0.25, 0.3) is 0 Å². The molecule has 0 radical (unpaired) electrons. The summed E-state index contributed by atoms with van der Waals surface area (Å²) in [5.41, 5.74) is 5.92. The van der Waals surface area contributed by atoms with Crippen molar-refractivity contribution in [2.75, 3.05) is 12.0 Å².